The molecular formula is C30H40N2O4. The number of benzene rings is 2. The summed E-state index contributed by atoms with van der Waals surface area (Å²) in [5, 5.41) is 12.4. The summed E-state index contributed by atoms with van der Waals surface area (Å²) in [6.07, 6.45) is 4.53. The number of nitrogens with one attached hydrogen (secondary N) is 2. The molecule has 0 saturated heterocycles. The second kappa shape index (κ2) is 15.0. The first-order valence-electron chi connectivity index (χ1n) is 12.8. The van der Waals surface area contributed by atoms with Crippen molar-refractivity contribution in [3.8, 4) is 0 Å². The van der Waals surface area contributed by atoms with E-state index < -0.39 is 23.8 Å². The molecule has 0 saturated carbocycles. The predicted molar refractivity (Wildman–Crippen MR) is 142 cm³/mol. The van der Waals surface area contributed by atoms with Crippen LogP contribution in [0.1, 0.15) is 62.4 Å². The lowest BCUT2D eigenvalue weighted by Crippen LogP contribution is -2.49. The third-order valence-electron chi connectivity index (χ3n) is 7.14. The average Bonchev–Trinajstić information content (AvgIpc) is 2.91. The zero-order valence-electron chi connectivity index (χ0n) is 21.7. The topological polar surface area (TPSA) is 95.5 Å². The van der Waals surface area contributed by atoms with Crippen molar-refractivity contribution in [2.45, 2.75) is 58.9 Å². The Morgan fingerprint density at radius 3 is 2.03 bits per heavy atom. The van der Waals surface area contributed by atoms with Crippen LogP contribution in [0.5, 0.6) is 0 Å². The van der Waals surface area contributed by atoms with Crippen molar-refractivity contribution in [1.29, 1.82) is 0 Å². The van der Waals surface area contributed by atoms with Crippen LogP contribution in [0.15, 0.2) is 73.3 Å². The Labute approximate surface area is 215 Å². The van der Waals surface area contributed by atoms with E-state index in [0.29, 0.717) is 24.3 Å². The van der Waals surface area contributed by atoms with E-state index in [2.05, 4.69) is 32.7 Å². The summed E-state index contributed by atoms with van der Waals surface area (Å²) in [5.41, 5.74) is 3.16. The highest BCUT2D eigenvalue weighted by atomic mass is 16.5. The van der Waals surface area contributed by atoms with Crippen LogP contribution in [0.2, 0.25) is 0 Å². The quantitative estimate of drug-likeness (QED) is 0.135. The van der Waals surface area contributed by atoms with Gasteiger partial charge in [-0.05, 0) is 30.2 Å². The Morgan fingerprint density at radius 2 is 1.50 bits per heavy atom. The molecule has 2 aromatic carbocycles. The number of ketones is 1. The van der Waals surface area contributed by atoms with E-state index in [1.807, 2.05) is 36.4 Å². The van der Waals surface area contributed by atoms with Crippen LogP contribution in [0, 0.1) is 23.7 Å². The molecule has 4 atom stereocenters. The van der Waals surface area contributed by atoms with Crippen LogP contribution in [0.3, 0.4) is 0 Å². The molecule has 0 heterocycles. The minimum Gasteiger partial charge on any atom is -0.345 e. The highest BCUT2D eigenvalue weighted by Crippen LogP contribution is 2.31. The number of hydrogen-bond donors (Lipinski definition) is 3. The summed E-state index contributed by atoms with van der Waals surface area (Å²) < 4.78 is 0. The molecular weight excluding hydrogens is 452 g/mol. The van der Waals surface area contributed by atoms with Crippen molar-refractivity contribution in [2.24, 2.45) is 23.7 Å². The lowest BCUT2D eigenvalue weighted by atomic mass is 9.76. The van der Waals surface area contributed by atoms with Crippen LogP contribution in [-0.2, 0) is 16.0 Å². The van der Waals surface area contributed by atoms with Crippen LogP contribution >= 0.6 is 0 Å². The molecule has 0 bridgehead atoms. The predicted octanol–water partition coefficient (Wildman–Crippen LogP) is 5.37. The average molecular weight is 493 g/mol. The maximum atomic E-state index is 13.8. The summed E-state index contributed by atoms with van der Waals surface area (Å²) >= 11 is 0. The first-order chi connectivity index (χ1) is 17.4. The van der Waals surface area contributed by atoms with Gasteiger partial charge >= 0.3 is 0 Å². The van der Waals surface area contributed by atoms with Crippen molar-refractivity contribution >= 4 is 17.6 Å². The number of carbonyl (C=O) groups excluding carboxylic acids is 3. The Hall–Kier alpha value is -3.25. The molecule has 194 valence electrons. The molecule has 3 N–H and O–H groups in total. The summed E-state index contributed by atoms with van der Waals surface area (Å²) in [4.78, 5) is 39.9. The minimum absolute atomic E-state index is 0.173. The minimum atomic E-state index is -0.798. The van der Waals surface area contributed by atoms with Gasteiger partial charge in [-0.25, -0.2) is 5.48 Å². The van der Waals surface area contributed by atoms with Gasteiger partial charge in [-0.1, -0.05) is 100 Å². The van der Waals surface area contributed by atoms with E-state index >= 15 is 0 Å². The number of Topliss-reactive ketones (excluding diaryl/α,β-unsaturated/α-hetero) is 1. The molecule has 0 aliphatic carbocycles. The fourth-order valence-corrected chi connectivity index (χ4v) is 5.00. The van der Waals surface area contributed by atoms with Gasteiger partial charge < -0.3 is 5.32 Å². The molecule has 0 aliphatic rings. The highest BCUT2D eigenvalue weighted by Gasteiger charge is 2.36. The summed E-state index contributed by atoms with van der Waals surface area (Å²) in [6.45, 7) is 10.1. The fraction of sp³-hybridized carbons (Fsp3) is 0.433. The van der Waals surface area contributed by atoms with Crippen molar-refractivity contribution < 1.29 is 19.6 Å². The molecule has 0 aliphatic heterocycles. The van der Waals surface area contributed by atoms with E-state index in [9.17, 15) is 19.6 Å². The zero-order chi connectivity index (χ0) is 26.5. The third-order valence-corrected chi connectivity index (χ3v) is 7.14. The van der Waals surface area contributed by atoms with Gasteiger partial charge in [-0.2, -0.15) is 0 Å². The molecule has 0 aromatic heterocycles. The Morgan fingerprint density at radius 1 is 0.917 bits per heavy atom. The van der Waals surface area contributed by atoms with E-state index in [1.165, 1.54) is 0 Å². The number of carbonyl (C=O) groups is 3. The second-order valence-corrected chi connectivity index (χ2v) is 9.48. The number of hydrogen-bond acceptors (Lipinski definition) is 4. The van der Waals surface area contributed by atoms with Crippen molar-refractivity contribution in [3.05, 3.63) is 84.4 Å². The first kappa shape index (κ1) is 29.0. The molecule has 0 radical (unpaired) electrons. The van der Waals surface area contributed by atoms with Crippen molar-refractivity contribution in [1.82, 2.24) is 10.8 Å². The number of allylic oxidation sites excluding steroid dienone is 1. The van der Waals surface area contributed by atoms with Gasteiger partial charge in [-0.3, -0.25) is 19.6 Å². The highest BCUT2D eigenvalue weighted by molar-refractivity contribution is 6.02. The molecule has 2 rings (SSSR count). The van der Waals surface area contributed by atoms with E-state index in [4.69, 9.17) is 0 Å². The lowest BCUT2D eigenvalue weighted by molar-refractivity contribution is -0.141. The van der Waals surface area contributed by atoms with Gasteiger partial charge in [0.05, 0.1) is 17.9 Å². The van der Waals surface area contributed by atoms with Gasteiger partial charge in [0.1, 0.15) is 0 Å². The van der Waals surface area contributed by atoms with E-state index in [0.717, 1.165) is 18.4 Å². The fourth-order valence-electron chi connectivity index (χ4n) is 5.00. The van der Waals surface area contributed by atoms with Crippen molar-refractivity contribution in [3.63, 3.8) is 0 Å². The third kappa shape index (κ3) is 8.16. The molecule has 36 heavy (non-hydrogen) atoms. The Kier molecular flexibility index (Phi) is 12.1. The summed E-state index contributed by atoms with van der Waals surface area (Å²) in [6, 6.07) is 17.6. The smallest absolute Gasteiger partial charge is 0.247 e. The summed E-state index contributed by atoms with van der Waals surface area (Å²) in [7, 11) is 0. The Bertz CT molecular complexity index is 973. The largest absolute Gasteiger partial charge is 0.345 e. The molecule has 6 nitrogen and oxygen atoms in total. The first-order valence-corrected chi connectivity index (χ1v) is 12.8. The SMILES string of the molecule is C=CC[C@H](C(=O)NO)C(CC(C)C(CC)CC)C(=O)N[C@@H](Cc1ccccc1)C(=O)c1ccccc1. The zero-order valence-corrected chi connectivity index (χ0v) is 21.7. The molecule has 2 unspecified atom stereocenters. The van der Waals surface area contributed by atoms with Gasteiger partial charge in [0.15, 0.2) is 5.78 Å². The number of amides is 2. The molecule has 2 amide bonds. The van der Waals surface area contributed by atoms with E-state index in [1.54, 1.807) is 35.8 Å². The van der Waals surface area contributed by atoms with Crippen molar-refractivity contribution in [2.75, 3.05) is 0 Å². The van der Waals surface area contributed by atoms with E-state index in [-0.39, 0.29) is 24.0 Å². The maximum Gasteiger partial charge on any atom is 0.247 e. The lowest BCUT2D eigenvalue weighted by Gasteiger charge is -2.31. The summed E-state index contributed by atoms with van der Waals surface area (Å²) in [5.74, 6) is -2.14. The standard InChI is InChI=1S/C30H40N2O4/c1-5-14-25(30(35)32-36)26(19-21(4)23(6-2)7-3)29(34)31-27(20-22-15-10-8-11-16-22)28(33)24-17-12-9-13-18-24/h5,8-13,15-18,21,23,25-27,36H,1,6-7,14,19-20H2,2-4H3,(H,31,34)(H,32,35)/t21?,25-,26?,27-/m0/s1. The molecule has 0 fully saturated rings. The van der Waals surface area contributed by atoms with Gasteiger partial charge in [0, 0.05) is 12.0 Å². The van der Waals surface area contributed by atoms with Gasteiger partial charge in [-0.15, -0.1) is 6.58 Å². The van der Waals surface area contributed by atoms with Crippen LogP contribution in [-0.4, -0.2) is 28.8 Å². The Balaban J connectivity index is 2.40. The second-order valence-electron chi connectivity index (χ2n) is 9.48. The van der Waals surface area contributed by atoms with Crippen LogP contribution in [0.4, 0.5) is 0 Å². The van der Waals surface area contributed by atoms with Crippen LogP contribution < -0.4 is 10.8 Å². The maximum absolute atomic E-state index is 13.8. The van der Waals surface area contributed by atoms with Crippen LogP contribution in [0.25, 0.3) is 0 Å². The molecule has 6 heteroatoms. The van der Waals surface area contributed by atoms with Gasteiger partial charge in [0.25, 0.3) is 0 Å². The number of hydroxylamine groups is 1. The molecule has 0 spiro atoms. The normalized spacial score (nSPS) is 14.4. The monoisotopic (exact) mass is 492 g/mol. The van der Waals surface area contributed by atoms with Gasteiger partial charge in [0.2, 0.25) is 11.8 Å². The molecule has 2 aromatic rings. The number of rotatable bonds is 15.